The van der Waals surface area contributed by atoms with Crippen molar-refractivity contribution in [3.8, 4) is 55.6 Å². The van der Waals surface area contributed by atoms with Gasteiger partial charge in [0, 0.05) is 10.8 Å². The van der Waals surface area contributed by atoms with E-state index in [0.29, 0.717) is 0 Å². The van der Waals surface area contributed by atoms with Crippen LogP contribution in [0.5, 0.6) is 0 Å². The molecule has 11 rings (SSSR count). The predicted octanol–water partition coefficient (Wildman–Crippen LogP) is 14.8. The summed E-state index contributed by atoms with van der Waals surface area (Å²) >= 11 is 0. The number of rotatable bonds is 3. The summed E-state index contributed by atoms with van der Waals surface area (Å²) in [5, 5.41) is 7.66. The van der Waals surface area contributed by atoms with E-state index in [1.54, 1.807) is 0 Å². The van der Waals surface area contributed by atoms with Gasteiger partial charge in [-0.1, -0.05) is 173 Å². The molecule has 54 heavy (non-hydrogen) atoms. The zero-order valence-corrected chi connectivity index (χ0v) is 31.2. The van der Waals surface area contributed by atoms with Gasteiger partial charge in [-0.2, -0.15) is 0 Å². The summed E-state index contributed by atoms with van der Waals surface area (Å²) < 4.78 is 0. The maximum atomic E-state index is 2.52. The molecule has 9 aromatic carbocycles. The Kier molecular flexibility index (Phi) is 6.46. The molecule has 0 unspecified atom stereocenters. The van der Waals surface area contributed by atoms with E-state index in [1.165, 1.54) is 110 Å². The van der Waals surface area contributed by atoms with Crippen LogP contribution in [0.2, 0.25) is 0 Å². The monoisotopic (exact) mass is 688 g/mol. The Bertz CT molecular complexity index is 2980. The minimum atomic E-state index is -0.0780. The van der Waals surface area contributed by atoms with Gasteiger partial charge in [-0.3, -0.25) is 0 Å². The largest absolute Gasteiger partial charge is 0.0619 e. The van der Waals surface area contributed by atoms with Crippen molar-refractivity contribution in [3.63, 3.8) is 0 Å². The third-order valence-corrected chi connectivity index (χ3v) is 12.9. The van der Waals surface area contributed by atoms with Gasteiger partial charge in [0.05, 0.1) is 0 Å². The highest BCUT2D eigenvalue weighted by Crippen LogP contribution is 2.56. The first-order valence-corrected chi connectivity index (χ1v) is 19.3. The first kappa shape index (κ1) is 31.3. The Hall–Kier alpha value is -6.24. The van der Waals surface area contributed by atoms with Crippen LogP contribution in [0.25, 0.3) is 88.0 Å². The van der Waals surface area contributed by atoms with Gasteiger partial charge < -0.3 is 0 Å². The molecule has 0 aliphatic heterocycles. The van der Waals surface area contributed by atoms with Crippen molar-refractivity contribution in [2.24, 2.45) is 0 Å². The predicted molar refractivity (Wildman–Crippen MR) is 230 cm³/mol. The molecule has 0 spiro atoms. The Balaban J connectivity index is 1.09. The fourth-order valence-electron chi connectivity index (χ4n) is 10.2. The Morgan fingerprint density at radius 1 is 0.278 bits per heavy atom. The fourth-order valence-corrected chi connectivity index (χ4v) is 10.2. The van der Waals surface area contributed by atoms with E-state index < -0.39 is 0 Å². The number of benzene rings is 9. The molecule has 256 valence electrons. The van der Waals surface area contributed by atoms with E-state index in [2.05, 4.69) is 198 Å². The van der Waals surface area contributed by atoms with Crippen LogP contribution in [0.3, 0.4) is 0 Å². The van der Waals surface area contributed by atoms with E-state index in [1.807, 2.05) is 0 Å². The van der Waals surface area contributed by atoms with Gasteiger partial charge >= 0.3 is 0 Å². The summed E-state index contributed by atoms with van der Waals surface area (Å²) in [7, 11) is 0. The number of hydrogen-bond donors (Lipinski definition) is 0. The van der Waals surface area contributed by atoms with Gasteiger partial charge in [0.15, 0.2) is 0 Å². The van der Waals surface area contributed by atoms with Crippen molar-refractivity contribution in [1.82, 2.24) is 0 Å². The lowest BCUT2D eigenvalue weighted by atomic mass is 9.79. The molecule has 0 N–H and O–H groups in total. The molecule has 0 saturated carbocycles. The van der Waals surface area contributed by atoms with Gasteiger partial charge in [0.25, 0.3) is 0 Å². The molecule has 0 radical (unpaired) electrons. The van der Waals surface area contributed by atoms with Crippen LogP contribution < -0.4 is 0 Å². The van der Waals surface area contributed by atoms with Crippen LogP contribution in [-0.4, -0.2) is 0 Å². The quantitative estimate of drug-likeness (QED) is 0.162. The van der Waals surface area contributed by atoms with Crippen molar-refractivity contribution in [2.75, 3.05) is 0 Å². The second kappa shape index (κ2) is 11.1. The van der Waals surface area contributed by atoms with Crippen LogP contribution in [-0.2, 0) is 10.8 Å². The zero-order valence-electron chi connectivity index (χ0n) is 31.2. The molecule has 0 fully saturated rings. The van der Waals surface area contributed by atoms with Gasteiger partial charge in [-0.05, 0) is 134 Å². The average molecular weight is 689 g/mol. The van der Waals surface area contributed by atoms with Crippen LogP contribution in [0, 0.1) is 0 Å². The maximum Gasteiger partial charge on any atom is 0.0159 e. The van der Waals surface area contributed by atoms with Crippen molar-refractivity contribution in [2.45, 2.75) is 38.5 Å². The molecule has 9 aromatic rings. The molecule has 0 atom stereocenters. The SMILES string of the molecule is CC1(C)c2ccccc2-c2cc3c(cc21)-c1cc(-c2cccc(-c4c5ccccc5c(-c5cccc6ccccc56)c5ccccc45)c2)ccc1C3(C)C. The van der Waals surface area contributed by atoms with Crippen molar-refractivity contribution in [1.29, 1.82) is 0 Å². The van der Waals surface area contributed by atoms with Gasteiger partial charge in [-0.15, -0.1) is 0 Å². The first-order valence-electron chi connectivity index (χ1n) is 19.3. The molecule has 0 heterocycles. The third kappa shape index (κ3) is 4.26. The smallest absolute Gasteiger partial charge is 0.0159 e. The molecule has 0 nitrogen and oxygen atoms in total. The lowest BCUT2D eigenvalue weighted by Crippen LogP contribution is -2.16. The highest BCUT2D eigenvalue weighted by molar-refractivity contribution is 6.23. The van der Waals surface area contributed by atoms with E-state index in [0.717, 1.165) is 0 Å². The molecule has 2 aliphatic rings. The van der Waals surface area contributed by atoms with Gasteiger partial charge in [-0.25, -0.2) is 0 Å². The molecule has 2 aliphatic carbocycles. The average Bonchev–Trinajstić information content (AvgIpc) is 3.57. The Labute approximate surface area is 317 Å². The van der Waals surface area contributed by atoms with Crippen molar-refractivity contribution in [3.05, 3.63) is 192 Å². The minimum Gasteiger partial charge on any atom is -0.0619 e. The number of hydrogen-bond acceptors (Lipinski definition) is 0. The lowest BCUT2D eigenvalue weighted by molar-refractivity contribution is 0.652. The fraction of sp³-hybridized carbons (Fsp3) is 0.111. The first-order chi connectivity index (χ1) is 26.3. The van der Waals surface area contributed by atoms with Crippen LogP contribution in [0.15, 0.2) is 170 Å². The molecule has 0 amide bonds. The Morgan fingerprint density at radius 2 is 0.741 bits per heavy atom. The highest BCUT2D eigenvalue weighted by Gasteiger charge is 2.41. The standard InChI is InChI=1S/C54H40/c1-53(2)47-26-12-11-20-38(47)45-31-50-46(32-49(45)53)44-30-35(27-28-48(44)54(50,3)4)34-17-13-18-36(29-34)51-40-21-7-9-23-42(40)52(43-24-10-8-22-41(43)51)39-25-14-16-33-15-5-6-19-37(33)39/h5-32H,1-4H3. The molecule has 0 bridgehead atoms. The molecular formula is C54H40. The van der Waals surface area contributed by atoms with Crippen LogP contribution in [0.1, 0.15) is 49.9 Å². The van der Waals surface area contributed by atoms with E-state index in [4.69, 9.17) is 0 Å². The summed E-state index contributed by atoms with van der Waals surface area (Å²) in [5.74, 6) is 0. The van der Waals surface area contributed by atoms with Crippen LogP contribution in [0.4, 0.5) is 0 Å². The van der Waals surface area contributed by atoms with Gasteiger partial charge in [0.1, 0.15) is 0 Å². The van der Waals surface area contributed by atoms with Gasteiger partial charge in [0.2, 0.25) is 0 Å². The van der Waals surface area contributed by atoms with E-state index in [-0.39, 0.29) is 10.8 Å². The lowest BCUT2D eigenvalue weighted by Gasteiger charge is -2.24. The summed E-state index contributed by atoms with van der Waals surface area (Å²) in [6.07, 6.45) is 0. The minimum absolute atomic E-state index is 0.0332. The van der Waals surface area contributed by atoms with Crippen LogP contribution >= 0.6 is 0 Å². The number of fused-ring (bicyclic) bond motifs is 9. The second-order valence-electron chi connectivity index (χ2n) is 16.4. The highest BCUT2D eigenvalue weighted by atomic mass is 14.4. The summed E-state index contributed by atoms with van der Waals surface area (Å²) in [5.41, 5.74) is 18.7. The Morgan fingerprint density at radius 3 is 1.44 bits per heavy atom. The van der Waals surface area contributed by atoms with Crippen molar-refractivity contribution < 1.29 is 0 Å². The van der Waals surface area contributed by atoms with E-state index in [9.17, 15) is 0 Å². The molecule has 0 saturated heterocycles. The second-order valence-corrected chi connectivity index (χ2v) is 16.4. The molecule has 0 aromatic heterocycles. The third-order valence-electron chi connectivity index (χ3n) is 12.9. The maximum absolute atomic E-state index is 2.52. The topological polar surface area (TPSA) is 0 Å². The normalized spacial score (nSPS) is 14.6. The van der Waals surface area contributed by atoms with E-state index >= 15 is 0 Å². The summed E-state index contributed by atoms with van der Waals surface area (Å²) in [4.78, 5) is 0. The molecule has 0 heteroatoms. The summed E-state index contributed by atoms with van der Waals surface area (Å²) in [6.45, 7) is 9.56. The van der Waals surface area contributed by atoms with Crippen molar-refractivity contribution >= 4 is 32.3 Å². The summed E-state index contributed by atoms with van der Waals surface area (Å²) in [6, 6.07) is 63.9. The molecular weight excluding hydrogens is 649 g/mol. The zero-order chi connectivity index (χ0) is 36.3.